The van der Waals surface area contributed by atoms with Gasteiger partial charge < -0.3 is 9.47 Å². The average molecular weight is 325 g/mol. The lowest BCUT2D eigenvalue weighted by molar-refractivity contribution is -0.385. The van der Waals surface area contributed by atoms with Gasteiger partial charge in [-0.2, -0.15) is 0 Å². The Balaban J connectivity index is 2.38. The number of ether oxygens (including phenoxy) is 2. The van der Waals surface area contributed by atoms with E-state index in [0.29, 0.717) is 5.75 Å². The van der Waals surface area contributed by atoms with Crippen LogP contribution in [0.2, 0.25) is 5.02 Å². The van der Waals surface area contributed by atoms with Gasteiger partial charge in [-0.1, -0.05) is 11.6 Å². The smallest absolute Gasteiger partial charge is 0.315 e. The summed E-state index contributed by atoms with van der Waals surface area (Å²) >= 11 is 5.89. The molecule has 0 aliphatic heterocycles. The number of non-ortho nitro benzene ring substituents is 1. The van der Waals surface area contributed by atoms with Gasteiger partial charge in [-0.15, -0.1) is 0 Å². The van der Waals surface area contributed by atoms with E-state index in [2.05, 4.69) is 0 Å². The molecule has 2 rings (SSSR count). The fourth-order valence-corrected chi connectivity index (χ4v) is 1.87. The number of nitro groups is 2. The van der Waals surface area contributed by atoms with E-state index in [1.165, 1.54) is 37.4 Å². The van der Waals surface area contributed by atoms with Crippen molar-refractivity contribution < 1.29 is 19.3 Å². The quantitative estimate of drug-likeness (QED) is 0.609. The second-order valence-corrected chi connectivity index (χ2v) is 4.47. The summed E-state index contributed by atoms with van der Waals surface area (Å²) in [5, 5.41) is 21.7. The molecule has 0 unspecified atom stereocenters. The van der Waals surface area contributed by atoms with Crippen LogP contribution in [-0.2, 0) is 0 Å². The minimum atomic E-state index is -0.628. The highest BCUT2D eigenvalue weighted by Crippen LogP contribution is 2.38. The zero-order chi connectivity index (χ0) is 16.3. The molecule has 2 aromatic rings. The second-order valence-electron chi connectivity index (χ2n) is 4.06. The van der Waals surface area contributed by atoms with Crippen LogP contribution >= 0.6 is 11.6 Å². The van der Waals surface area contributed by atoms with Crippen LogP contribution in [0.25, 0.3) is 0 Å². The Bertz CT molecular complexity index is 749. The lowest BCUT2D eigenvalue weighted by Crippen LogP contribution is -1.95. The van der Waals surface area contributed by atoms with Crippen molar-refractivity contribution in [1.29, 1.82) is 0 Å². The van der Waals surface area contributed by atoms with Gasteiger partial charge in [0.2, 0.25) is 5.75 Å². The topological polar surface area (TPSA) is 105 Å². The van der Waals surface area contributed by atoms with E-state index < -0.39 is 9.85 Å². The summed E-state index contributed by atoms with van der Waals surface area (Å²) in [5.74, 6) is 0.316. The molecule has 0 fully saturated rings. The number of hydrogen-bond donors (Lipinski definition) is 0. The summed E-state index contributed by atoms with van der Waals surface area (Å²) in [6.45, 7) is 0. The highest BCUT2D eigenvalue weighted by Gasteiger charge is 2.19. The van der Waals surface area contributed by atoms with Gasteiger partial charge in [-0.25, -0.2) is 0 Å². The molecule has 0 radical (unpaired) electrons. The maximum Gasteiger partial charge on any atom is 0.315 e. The number of methoxy groups -OCH3 is 1. The van der Waals surface area contributed by atoms with Crippen molar-refractivity contribution in [2.24, 2.45) is 0 Å². The van der Waals surface area contributed by atoms with E-state index in [1.54, 1.807) is 0 Å². The molecule has 9 heteroatoms. The first-order valence-corrected chi connectivity index (χ1v) is 6.24. The van der Waals surface area contributed by atoms with Crippen molar-refractivity contribution in [3.63, 3.8) is 0 Å². The summed E-state index contributed by atoms with van der Waals surface area (Å²) in [7, 11) is 1.38. The molecule has 0 aliphatic rings. The van der Waals surface area contributed by atoms with Gasteiger partial charge in [0.15, 0.2) is 0 Å². The van der Waals surface area contributed by atoms with Crippen molar-refractivity contribution in [1.82, 2.24) is 0 Å². The molecule has 0 atom stereocenters. The maximum absolute atomic E-state index is 11.1. The Morgan fingerprint density at radius 1 is 1.00 bits per heavy atom. The monoisotopic (exact) mass is 324 g/mol. The van der Waals surface area contributed by atoms with Crippen LogP contribution in [0, 0.1) is 20.2 Å². The molecule has 0 aliphatic carbocycles. The van der Waals surface area contributed by atoms with Crippen LogP contribution in [0.1, 0.15) is 0 Å². The lowest BCUT2D eigenvalue weighted by Gasteiger charge is -2.09. The zero-order valence-corrected chi connectivity index (χ0v) is 11.9. The average Bonchev–Trinajstić information content (AvgIpc) is 2.49. The number of halogens is 1. The molecule has 0 heterocycles. The van der Waals surface area contributed by atoms with Crippen molar-refractivity contribution >= 4 is 23.0 Å². The third-order valence-corrected chi connectivity index (χ3v) is 3.00. The lowest BCUT2D eigenvalue weighted by atomic mass is 10.2. The maximum atomic E-state index is 11.1. The fourth-order valence-electron chi connectivity index (χ4n) is 1.66. The van der Waals surface area contributed by atoms with Gasteiger partial charge in [0.25, 0.3) is 5.69 Å². The molecule has 0 spiro atoms. The third kappa shape index (κ3) is 3.23. The minimum absolute atomic E-state index is 0.0284. The Hall–Kier alpha value is -2.87. The highest BCUT2D eigenvalue weighted by atomic mass is 35.5. The first-order chi connectivity index (χ1) is 10.4. The molecule has 8 nitrogen and oxygen atoms in total. The molecule has 2 aromatic carbocycles. The van der Waals surface area contributed by atoms with Gasteiger partial charge >= 0.3 is 5.69 Å². The number of rotatable bonds is 5. The number of benzene rings is 2. The van der Waals surface area contributed by atoms with E-state index in [0.717, 1.165) is 6.07 Å². The molecule has 0 bridgehead atoms. The predicted molar refractivity (Wildman–Crippen MR) is 77.8 cm³/mol. The van der Waals surface area contributed by atoms with Crippen molar-refractivity contribution in [2.75, 3.05) is 7.11 Å². The second kappa shape index (κ2) is 6.27. The van der Waals surface area contributed by atoms with Gasteiger partial charge in [0, 0.05) is 12.1 Å². The Kier molecular flexibility index (Phi) is 4.42. The molecular weight excluding hydrogens is 316 g/mol. The molecule has 114 valence electrons. The van der Waals surface area contributed by atoms with Gasteiger partial charge in [-0.05, 0) is 18.2 Å². The third-order valence-electron chi connectivity index (χ3n) is 2.71. The summed E-state index contributed by atoms with van der Waals surface area (Å²) in [5.41, 5.74) is -0.518. The normalized spacial score (nSPS) is 10.1. The predicted octanol–water partition coefficient (Wildman–Crippen LogP) is 3.96. The van der Waals surface area contributed by atoms with Crippen LogP contribution in [-0.4, -0.2) is 17.0 Å². The Labute approximate surface area is 129 Å². The van der Waals surface area contributed by atoms with Gasteiger partial charge in [0.1, 0.15) is 11.5 Å². The molecule has 0 saturated heterocycles. The van der Waals surface area contributed by atoms with Crippen molar-refractivity contribution in [3.05, 3.63) is 61.6 Å². The summed E-state index contributed by atoms with van der Waals surface area (Å²) in [6.07, 6.45) is 0. The molecular formula is C13H9ClN2O6. The SMILES string of the molecule is COc1ccc(Oc2ccc([N+](=O)[O-])cc2Cl)c([N+](=O)[O-])c1. The number of nitro benzene ring substituents is 2. The van der Waals surface area contributed by atoms with E-state index in [4.69, 9.17) is 21.1 Å². The van der Waals surface area contributed by atoms with Crippen molar-refractivity contribution in [2.45, 2.75) is 0 Å². The van der Waals surface area contributed by atoms with E-state index in [-0.39, 0.29) is 27.9 Å². The van der Waals surface area contributed by atoms with Gasteiger partial charge in [0.05, 0.1) is 28.0 Å². The van der Waals surface area contributed by atoms with Crippen LogP contribution in [0.5, 0.6) is 17.2 Å². The molecule has 0 amide bonds. The molecule has 0 saturated carbocycles. The summed E-state index contributed by atoms with van der Waals surface area (Å²) in [6, 6.07) is 7.61. The highest BCUT2D eigenvalue weighted by molar-refractivity contribution is 6.32. The fraction of sp³-hybridized carbons (Fsp3) is 0.0769. The van der Waals surface area contributed by atoms with Crippen LogP contribution in [0.4, 0.5) is 11.4 Å². The molecule has 0 aromatic heterocycles. The summed E-state index contributed by atoms with van der Waals surface area (Å²) in [4.78, 5) is 20.5. The van der Waals surface area contributed by atoms with E-state index >= 15 is 0 Å². The van der Waals surface area contributed by atoms with Gasteiger partial charge in [-0.3, -0.25) is 20.2 Å². The van der Waals surface area contributed by atoms with Crippen molar-refractivity contribution in [3.8, 4) is 17.2 Å². The standard InChI is InChI=1S/C13H9ClN2O6/c1-21-9-3-5-13(11(7-9)16(19)20)22-12-4-2-8(15(17)18)6-10(12)14/h2-7H,1H3. The van der Waals surface area contributed by atoms with Crippen LogP contribution < -0.4 is 9.47 Å². The van der Waals surface area contributed by atoms with Crippen LogP contribution in [0.3, 0.4) is 0 Å². The first-order valence-electron chi connectivity index (χ1n) is 5.86. The minimum Gasteiger partial charge on any atom is -0.496 e. The number of nitrogens with zero attached hydrogens (tertiary/aromatic N) is 2. The largest absolute Gasteiger partial charge is 0.496 e. The molecule has 0 N–H and O–H groups in total. The molecule has 22 heavy (non-hydrogen) atoms. The van der Waals surface area contributed by atoms with E-state index in [9.17, 15) is 20.2 Å². The summed E-state index contributed by atoms with van der Waals surface area (Å²) < 4.78 is 10.3. The first kappa shape index (κ1) is 15.5. The number of hydrogen-bond acceptors (Lipinski definition) is 6. The van der Waals surface area contributed by atoms with Crippen LogP contribution in [0.15, 0.2) is 36.4 Å². The Morgan fingerprint density at radius 2 is 1.68 bits per heavy atom. The van der Waals surface area contributed by atoms with E-state index in [1.807, 2.05) is 0 Å². The zero-order valence-electron chi connectivity index (χ0n) is 11.2. The Morgan fingerprint density at radius 3 is 2.23 bits per heavy atom.